The Morgan fingerprint density at radius 2 is 2.42 bits per heavy atom. The molecule has 19 heavy (non-hydrogen) atoms. The highest BCUT2D eigenvalue weighted by Gasteiger charge is 2.13. The van der Waals surface area contributed by atoms with Crippen LogP contribution >= 0.6 is 11.6 Å². The first-order valence-electron chi connectivity index (χ1n) is 6.62. The quantitative estimate of drug-likeness (QED) is 0.839. The van der Waals surface area contributed by atoms with E-state index in [0.29, 0.717) is 23.4 Å². The number of ether oxygens (including phenoxy) is 1. The molecule has 2 rings (SSSR count). The number of rotatable bonds is 6. The molecule has 1 fully saturated rings. The summed E-state index contributed by atoms with van der Waals surface area (Å²) in [4.78, 5) is 11.6. The number of nitrogens with one attached hydrogen (secondary N) is 2. The van der Waals surface area contributed by atoms with Gasteiger partial charge in [-0.3, -0.25) is 4.79 Å². The van der Waals surface area contributed by atoms with Crippen molar-refractivity contribution in [3.63, 3.8) is 0 Å². The lowest BCUT2D eigenvalue weighted by Gasteiger charge is -2.11. The third kappa shape index (κ3) is 5.09. The normalized spacial score (nSPS) is 18.3. The standard InChI is InChI=1S/C14H19ClN2O2/c15-11-3-1-5-13(9-11)19-10-14(18)17-8-6-12-4-2-7-16-12/h1,3,5,9,12,16H,2,4,6-8,10H2,(H,17,18). The molecule has 5 heteroatoms. The predicted octanol–water partition coefficient (Wildman–Crippen LogP) is 1.98. The van der Waals surface area contributed by atoms with Gasteiger partial charge in [0.05, 0.1) is 0 Å². The Hall–Kier alpha value is -1.26. The molecule has 4 nitrogen and oxygen atoms in total. The SMILES string of the molecule is O=C(COc1cccc(Cl)c1)NCCC1CCCN1. The molecule has 0 saturated carbocycles. The number of amides is 1. The van der Waals surface area contributed by atoms with E-state index in [4.69, 9.17) is 16.3 Å². The maximum atomic E-state index is 11.6. The third-order valence-electron chi connectivity index (χ3n) is 3.14. The van der Waals surface area contributed by atoms with Crippen LogP contribution in [0.1, 0.15) is 19.3 Å². The largest absolute Gasteiger partial charge is 0.484 e. The van der Waals surface area contributed by atoms with Gasteiger partial charge < -0.3 is 15.4 Å². The van der Waals surface area contributed by atoms with E-state index in [1.807, 2.05) is 0 Å². The van der Waals surface area contributed by atoms with Gasteiger partial charge in [-0.05, 0) is 44.0 Å². The first kappa shape index (κ1) is 14.2. The molecule has 0 aliphatic carbocycles. The fraction of sp³-hybridized carbons (Fsp3) is 0.500. The molecule has 1 unspecified atom stereocenters. The maximum absolute atomic E-state index is 11.6. The molecule has 0 aromatic heterocycles. The van der Waals surface area contributed by atoms with Gasteiger partial charge in [0, 0.05) is 17.6 Å². The Balaban J connectivity index is 1.61. The van der Waals surface area contributed by atoms with Crippen LogP contribution in [-0.4, -0.2) is 31.6 Å². The smallest absolute Gasteiger partial charge is 0.257 e. The van der Waals surface area contributed by atoms with Crippen LogP contribution in [0.25, 0.3) is 0 Å². The molecule has 2 N–H and O–H groups in total. The minimum atomic E-state index is -0.0991. The Bertz CT molecular complexity index is 420. The van der Waals surface area contributed by atoms with Crippen molar-refractivity contribution in [3.05, 3.63) is 29.3 Å². The highest BCUT2D eigenvalue weighted by Crippen LogP contribution is 2.16. The molecule has 1 aliphatic rings. The first-order chi connectivity index (χ1) is 9.24. The predicted molar refractivity (Wildman–Crippen MR) is 75.6 cm³/mol. The van der Waals surface area contributed by atoms with E-state index in [1.165, 1.54) is 12.8 Å². The van der Waals surface area contributed by atoms with Crippen LogP contribution in [0.5, 0.6) is 5.75 Å². The number of hydrogen-bond acceptors (Lipinski definition) is 3. The minimum Gasteiger partial charge on any atom is -0.484 e. The van der Waals surface area contributed by atoms with Crippen LogP contribution in [-0.2, 0) is 4.79 Å². The Kier molecular flexibility index (Phi) is 5.48. The van der Waals surface area contributed by atoms with Crippen molar-refractivity contribution in [2.75, 3.05) is 19.7 Å². The van der Waals surface area contributed by atoms with E-state index < -0.39 is 0 Å². The van der Waals surface area contributed by atoms with Gasteiger partial charge in [0.1, 0.15) is 5.75 Å². The topological polar surface area (TPSA) is 50.4 Å². The Morgan fingerprint density at radius 3 is 3.16 bits per heavy atom. The summed E-state index contributed by atoms with van der Waals surface area (Å²) in [5.41, 5.74) is 0. The molecule has 1 amide bonds. The number of benzene rings is 1. The van der Waals surface area contributed by atoms with Crippen LogP contribution < -0.4 is 15.4 Å². The average molecular weight is 283 g/mol. The molecule has 104 valence electrons. The molecule has 1 aromatic carbocycles. The van der Waals surface area contributed by atoms with E-state index in [9.17, 15) is 4.79 Å². The number of carbonyl (C=O) groups is 1. The van der Waals surface area contributed by atoms with Gasteiger partial charge in [0.25, 0.3) is 5.91 Å². The molecule has 1 aliphatic heterocycles. The summed E-state index contributed by atoms with van der Waals surface area (Å²) in [7, 11) is 0. The Morgan fingerprint density at radius 1 is 1.53 bits per heavy atom. The highest BCUT2D eigenvalue weighted by molar-refractivity contribution is 6.30. The molecule has 1 heterocycles. The summed E-state index contributed by atoms with van der Waals surface area (Å²) < 4.78 is 5.36. The molecular formula is C14H19ClN2O2. The summed E-state index contributed by atoms with van der Waals surface area (Å²) >= 11 is 5.83. The summed E-state index contributed by atoms with van der Waals surface area (Å²) in [6, 6.07) is 7.58. The van der Waals surface area contributed by atoms with Crippen molar-refractivity contribution in [1.29, 1.82) is 0 Å². The lowest BCUT2D eigenvalue weighted by atomic mass is 10.1. The van der Waals surface area contributed by atoms with E-state index in [-0.39, 0.29) is 12.5 Å². The van der Waals surface area contributed by atoms with Gasteiger partial charge >= 0.3 is 0 Å². The fourth-order valence-electron chi connectivity index (χ4n) is 2.15. The minimum absolute atomic E-state index is 0.0262. The van der Waals surface area contributed by atoms with Gasteiger partial charge in [-0.2, -0.15) is 0 Å². The monoisotopic (exact) mass is 282 g/mol. The van der Waals surface area contributed by atoms with Crippen LogP contribution in [0.2, 0.25) is 5.02 Å². The van der Waals surface area contributed by atoms with Crippen molar-refractivity contribution in [2.24, 2.45) is 0 Å². The maximum Gasteiger partial charge on any atom is 0.257 e. The zero-order valence-electron chi connectivity index (χ0n) is 10.8. The molecular weight excluding hydrogens is 264 g/mol. The third-order valence-corrected chi connectivity index (χ3v) is 3.38. The number of halogens is 1. The van der Waals surface area contributed by atoms with Crippen molar-refractivity contribution < 1.29 is 9.53 Å². The van der Waals surface area contributed by atoms with E-state index >= 15 is 0 Å². The second-order valence-electron chi connectivity index (χ2n) is 4.68. The molecule has 1 saturated heterocycles. The van der Waals surface area contributed by atoms with Gasteiger partial charge in [-0.25, -0.2) is 0 Å². The average Bonchev–Trinajstić information content (AvgIpc) is 2.90. The van der Waals surface area contributed by atoms with Gasteiger partial charge in [0.2, 0.25) is 0 Å². The van der Waals surface area contributed by atoms with Crippen molar-refractivity contribution in [2.45, 2.75) is 25.3 Å². The number of hydrogen-bond donors (Lipinski definition) is 2. The Labute approximate surface area is 118 Å². The lowest BCUT2D eigenvalue weighted by molar-refractivity contribution is -0.123. The zero-order chi connectivity index (χ0) is 13.5. The van der Waals surface area contributed by atoms with E-state index in [0.717, 1.165) is 13.0 Å². The van der Waals surface area contributed by atoms with Crippen molar-refractivity contribution in [1.82, 2.24) is 10.6 Å². The highest BCUT2D eigenvalue weighted by atomic mass is 35.5. The van der Waals surface area contributed by atoms with E-state index in [2.05, 4.69) is 10.6 Å². The second kappa shape index (κ2) is 7.36. The van der Waals surface area contributed by atoms with Crippen molar-refractivity contribution >= 4 is 17.5 Å². The van der Waals surface area contributed by atoms with Crippen LogP contribution in [0.4, 0.5) is 0 Å². The molecule has 0 spiro atoms. The second-order valence-corrected chi connectivity index (χ2v) is 5.11. The molecule has 0 bridgehead atoms. The molecule has 1 aromatic rings. The molecule has 0 radical (unpaired) electrons. The summed E-state index contributed by atoms with van der Waals surface area (Å²) in [6.07, 6.45) is 3.41. The van der Waals surface area contributed by atoms with Crippen LogP contribution in [0.3, 0.4) is 0 Å². The number of carbonyl (C=O) groups excluding carboxylic acids is 1. The fourth-order valence-corrected chi connectivity index (χ4v) is 2.33. The van der Waals surface area contributed by atoms with Gasteiger partial charge in [-0.1, -0.05) is 17.7 Å². The molecule has 1 atom stereocenters. The summed E-state index contributed by atoms with van der Waals surface area (Å²) in [5.74, 6) is 0.512. The van der Waals surface area contributed by atoms with Crippen LogP contribution in [0, 0.1) is 0 Å². The zero-order valence-corrected chi connectivity index (χ0v) is 11.6. The summed E-state index contributed by atoms with van der Waals surface area (Å²) in [6.45, 7) is 1.81. The van der Waals surface area contributed by atoms with Gasteiger partial charge in [-0.15, -0.1) is 0 Å². The lowest BCUT2D eigenvalue weighted by Crippen LogP contribution is -2.33. The van der Waals surface area contributed by atoms with Crippen molar-refractivity contribution in [3.8, 4) is 5.75 Å². The van der Waals surface area contributed by atoms with Crippen LogP contribution in [0.15, 0.2) is 24.3 Å². The summed E-state index contributed by atoms with van der Waals surface area (Å²) in [5, 5.41) is 6.86. The first-order valence-corrected chi connectivity index (χ1v) is 7.00. The van der Waals surface area contributed by atoms with Gasteiger partial charge in [0.15, 0.2) is 6.61 Å². The van der Waals surface area contributed by atoms with E-state index in [1.54, 1.807) is 24.3 Å².